The summed E-state index contributed by atoms with van der Waals surface area (Å²) in [5.41, 5.74) is 3.60. The van der Waals surface area contributed by atoms with Crippen molar-refractivity contribution in [1.29, 1.82) is 0 Å². The largest absolute Gasteiger partial charge is 0.481 e. The minimum atomic E-state index is -0.749. The minimum absolute atomic E-state index is 0.196. The molecule has 1 rings (SSSR count). The first kappa shape index (κ1) is 11.5. The lowest BCUT2D eigenvalue weighted by Crippen LogP contribution is -1.91. The van der Waals surface area contributed by atoms with Crippen LogP contribution in [-0.2, 0) is 4.79 Å². The zero-order valence-corrected chi connectivity index (χ0v) is 9.16. The Kier molecular flexibility index (Phi) is 4.10. The predicted molar refractivity (Wildman–Crippen MR) is 61.8 cm³/mol. The van der Waals surface area contributed by atoms with Crippen molar-refractivity contribution in [2.45, 2.75) is 26.7 Å². The first-order valence-corrected chi connectivity index (χ1v) is 5.05. The van der Waals surface area contributed by atoms with Crippen molar-refractivity contribution in [3.05, 3.63) is 41.0 Å². The van der Waals surface area contributed by atoms with Gasteiger partial charge in [0.15, 0.2) is 0 Å². The number of aryl methyl sites for hydroxylation is 2. The van der Waals surface area contributed by atoms with Crippen LogP contribution in [0.4, 0.5) is 0 Å². The van der Waals surface area contributed by atoms with E-state index in [1.807, 2.05) is 19.1 Å². The molecule has 0 heterocycles. The SMILES string of the molecule is Cc1ccc(C)c(C=CCCC(=O)O)c1. The highest BCUT2D eigenvalue weighted by Gasteiger charge is 1.95. The second-order valence-corrected chi connectivity index (χ2v) is 3.69. The van der Waals surface area contributed by atoms with Gasteiger partial charge in [0.05, 0.1) is 0 Å². The van der Waals surface area contributed by atoms with Gasteiger partial charge in [0.25, 0.3) is 0 Å². The summed E-state index contributed by atoms with van der Waals surface area (Å²) in [6.45, 7) is 4.10. The first-order chi connectivity index (χ1) is 7.09. The van der Waals surface area contributed by atoms with E-state index in [1.54, 1.807) is 0 Å². The van der Waals surface area contributed by atoms with Crippen LogP contribution in [0.25, 0.3) is 6.08 Å². The van der Waals surface area contributed by atoms with Gasteiger partial charge in [-0.15, -0.1) is 0 Å². The quantitative estimate of drug-likeness (QED) is 0.817. The number of allylic oxidation sites excluding steroid dienone is 1. The second kappa shape index (κ2) is 5.35. The Hall–Kier alpha value is -1.57. The van der Waals surface area contributed by atoms with Gasteiger partial charge in [-0.05, 0) is 31.4 Å². The zero-order chi connectivity index (χ0) is 11.3. The van der Waals surface area contributed by atoms with Gasteiger partial charge in [0.2, 0.25) is 0 Å². The molecule has 2 heteroatoms. The van der Waals surface area contributed by atoms with E-state index in [2.05, 4.69) is 25.1 Å². The molecule has 0 aliphatic heterocycles. The number of carboxylic acid groups (broad SMARTS) is 1. The van der Waals surface area contributed by atoms with Crippen LogP contribution in [0, 0.1) is 13.8 Å². The van der Waals surface area contributed by atoms with Gasteiger partial charge in [0, 0.05) is 6.42 Å². The van der Waals surface area contributed by atoms with E-state index in [9.17, 15) is 4.79 Å². The number of benzene rings is 1. The number of aliphatic carboxylic acids is 1. The van der Waals surface area contributed by atoms with Gasteiger partial charge >= 0.3 is 5.97 Å². The van der Waals surface area contributed by atoms with E-state index >= 15 is 0 Å². The third-order valence-electron chi connectivity index (χ3n) is 2.26. The summed E-state index contributed by atoms with van der Waals surface area (Å²) in [6, 6.07) is 6.25. The Morgan fingerprint density at radius 1 is 1.40 bits per heavy atom. The number of hydrogen-bond donors (Lipinski definition) is 1. The van der Waals surface area contributed by atoms with Gasteiger partial charge in [-0.1, -0.05) is 35.9 Å². The van der Waals surface area contributed by atoms with Crippen LogP contribution < -0.4 is 0 Å². The van der Waals surface area contributed by atoms with Crippen molar-refractivity contribution in [1.82, 2.24) is 0 Å². The van der Waals surface area contributed by atoms with Crippen LogP contribution in [0.15, 0.2) is 24.3 Å². The molecule has 0 saturated heterocycles. The molecule has 1 N–H and O–H groups in total. The molecule has 0 aromatic heterocycles. The maximum absolute atomic E-state index is 10.3. The van der Waals surface area contributed by atoms with E-state index in [0.717, 1.165) is 0 Å². The number of carboxylic acids is 1. The molecular formula is C13H16O2. The molecule has 0 atom stereocenters. The topological polar surface area (TPSA) is 37.3 Å². The molecule has 0 radical (unpaired) electrons. The molecule has 0 aliphatic carbocycles. The van der Waals surface area contributed by atoms with Crippen molar-refractivity contribution in [3.63, 3.8) is 0 Å². The van der Waals surface area contributed by atoms with E-state index in [-0.39, 0.29) is 6.42 Å². The van der Waals surface area contributed by atoms with Crippen molar-refractivity contribution in [2.75, 3.05) is 0 Å². The summed E-state index contributed by atoms with van der Waals surface area (Å²) in [7, 11) is 0. The van der Waals surface area contributed by atoms with Crippen LogP contribution in [0.2, 0.25) is 0 Å². The summed E-state index contributed by atoms with van der Waals surface area (Å²) in [5.74, 6) is -0.749. The van der Waals surface area contributed by atoms with Gasteiger partial charge in [-0.2, -0.15) is 0 Å². The molecular weight excluding hydrogens is 188 g/mol. The molecule has 2 nitrogen and oxygen atoms in total. The van der Waals surface area contributed by atoms with Gasteiger partial charge in [0.1, 0.15) is 0 Å². The lowest BCUT2D eigenvalue weighted by molar-refractivity contribution is -0.136. The maximum Gasteiger partial charge on any atom is 0.303 e. The predicted octanol–water partition coefficient (Wildman–Crippen LogP) is 3.18. The van der Waals surface area contributed by atoms with Crippen molar-refractivity contribution in [2.24, 2.45) is 0 Å². The van der Waals surface area contributed by atoms with Crippen LogP contribution in [0.5, 0.6) is 0 Å². The van der Waals surface area contributed by atoms with E-state index in [4.69, 9.17) is 5.11 Å². The molecule has 1 aromatic rings. The number of carbonyl (C=O) groups is 1. The molecule has 15 heavy (non-hydrogen) atoms. The first-order valence-electron chi connectivity index (χ1n) is 5.05. The molecule has 80 valence electrons. The number of rotatable bonds is 4. The molecule has 0 amide bonds. The van der Waals surface area contributed by atoms with Gasteiger partial charge in [-0.3, -0.25) is 4.79 Å². The van der Waals surface area contributed by atoms with Gasteiger partial charge < -0.3 is 5.11 Å². The molecule has 0 saturated carbocycles. The highest BCUT2D eigenvalue weighted by atomic mass is 16.4. The highest BCUT2D eigenvalue weighted by Crippen LogP contribution is 2.12. The second-order valence-electron chi connectivity index (χ2n) is 3.69. The summed E-state index contributed by atoms with van der Waals surface area (Å²) in [4.78, 5) is 10.3. The lowest BCUT2D eigenvalue weighted by atomic mass is 10.0. The lowest BCUT2D eigenvalue weighted by Gasteiger charge is -2.01. The highest BCUT2D eigenvalue weighted by molar-refractivity contribution is 5.67. The average molecular weight is 204 g/mol. The Morgan fingerprint density at radius 3 is 2.80 bits per heavy atom. The fraction of sp³-hybridized carbons (Fsp3) is 0.308. The fourth-order valence-corrected chi connectivity index (χ4v) is 1.36. The molecule has 0 bridgehead atoms. The minimum Gasteiger partial charge on any atom is -0.481 e. The molecule has 0 fully saturated rings. The maximum atomic E-state index is 10.3. The van der Waals surface area contributed by atoms with Crippen molar-refractivity contribution < 1.29 is 9.90 Å². The third-order valence-corrected chi connectivity index (χ3v) is 2.26. The monoisotopic (exact) mass is 204 g/mol. The standard InChI is InChI=1S/C13H16O2/c1-10-7-8-11(2)12(9-10)5-3-4-6-13(14)15/h3,5,7-9H,4,6H2,1-2H3,(H,14,15). The van der Waals surface area contributed by atoms with E-state index < -0.39 is 5.97 Å². The van der Waals surface area contributed by atoms with Gasteiger partial charge in [-0.25, -0.2) is 0 Å². The molecule has 0 aliphatic rings. The normalized spacial score (nSPS) is 10.8. The zero-order valence-electron chi connectivity index (χ0n) is 9.16. The van der Waals surface area contributed by atoms with Crippen molar-refractivity contribution >= 4 is 12.0 Å². The van der Waals surface area contributed by atoms with Crippen molar-refractivity contribution in [3.8, 4) is 0 Å². The molecule has 0 unspecified atom stereocenters. The van der Waals surface area contributed by atoms with E-state index in [0.29, 0.717) is 6.42 Å². The Morgan fingerprint density at radius 2 is 2.13 bits per heavy atom. The molecule has 0 spiro atoms. The Bertz CT molecular complexity index is 378. The average Bonchev–Trinajstić information content (AvgIpc) is 2.17. The third kappa shape index (κ3) is 3.98. The Labute approximate surface area is 90.3 Å². The summed E-state index contributed by atoms with van der Waals surface area (Å²) < 4.78 is 0. The van der Waals surface area contributed by atoms with E-state index in [1.165, 1.54) is 16.7 Å². The van der Waals surface area contributed by atoms with Crippen LogP contribution in [-0.4, -0.2) is 11.1 Å². The summed E-state index contributed by atoms with van der Waals surface area (Å²) in [6.07, 6.45) is 4.69. The smallest absolute Gasteiger partial charge is 0.303 e. The summed E-state index contributed by atoms with van der Waals surface area (Å²) >= 11 is 0. The Balaban J connectivity index is 2.63. The fourth-order valence-electron chi connectivity index (χ4n) is 1.36. The van der Waals surface area contributed by atoms with Crippen LogP contribution in [0.1, 0.15) is 29.5 Å². The van der Waals surface area contributed by atoms with Crippen LogP contribution >= 0.6 is 0 Å². The molecule has 1 aromatic carbocycles. The summed E-state index contributed by atoms with van der Waals surface area (Å²) in [5, 5.41) is 8.48. The number of hydrogen-bond acceptors (Lipinski definition) is 1. The van der Waals surface area contributed by atoms with Crippen LogP contribution in [0.3, 0.4) is 0 Å².